The molecule has 1 amide bonds. The highest BCUT2D eigenvalue weighted by Gasteiger charge is 2.43. The molecule has 0 radical (unpaired) electrons. The first-order valence-corrected chi connectivity index (χ1v) is 9.50. The van der Waals surface area contributed by atoms with Gasteiger partial charge in [0.25, 0.3) is 5.91 Å². The van der Waals surface area contributed by atoms with Crippen LogP contribution in [0.1, 0.15) is 29.8 Å². The van der Waals surface area contributed by atoms with Gasteiger partial charge in [0.2, 0.25) is 0 Å². The van der Waals surface area contributed by atoms with E-state index in [9.17, 15) is 14.3 Å². The normalized spacial score (nSPS) is 22.3. The topological polar surface area (TPSA) is 72.5 Å². The number of piperidine rings is 2. The second-order valence-corrected chi connectivity index (χ2v) is 8.01. The second kappa shape index (κ2) is 7.13. The van der Waals surface area contributed by atoms with Crippen molar-refractivity contribution in [1.82, 2.24) is 14.9 Å². The number of hydrogen-bond acceptors (Lipinski definition) is 4. The number of nitrogens with one attached hydrogen (secondary N) is 1. The van der Waals surface area contributed by atoms with E-state index in [1.807, 2.05) is 4.90 Å². The Bertz CT molecular complexity index is 821. The molecule has 2 aliphatic heterocycles. The molecule has 2 saturated heterocycles. The van der Waals surface area contributed by atoms with Gasteiger partial charge < -0.3 is 19.9 Å². The second-order valence-electron chi connectivity index (χ2n) is 7.57. The van der Waals surface area contributed by atoms with Crippen LogP contribution in [-0.4, -0.2) is 58.2 Å². The van der Waals surface area contributed by atoms with Gasteiger partial charge in [-0.3, -0.25) is 4.79 Å². The van der Waals surface area contributed by atoms with Crippen LogP contribution in [0, 0.1) is 11.2 Å². The molecule has 2 aromatic heterocycles. The maximum absolute atomic E-state index is 14.2. The van der Waals surface area contributed by atoms with E-state index in [4.69, 9.17) is 11.6 Å². The number of β-amino-alcohol motifs (C(OH)–C–C–N with tert-alkyl or cyclic N) is 1. The molecule has 1 unspecified atom stereocenters. The number of nitrogens with zero attached hydrogens (tertiary/aromatic N) is 3. The fraction of sp³-hybridized carbons (Fsp3) is 0.474. The minimum Gasteiger partial charge on any atom is -0.391 e. The highest BCUT2D eigenvalue weighted by molar-refractivity contribution is 6.30. The van der Waals surface area contributed by atoms with E-state index in [-0.39, 0.29) is 16.3 Å². The molecule has 1 spiro atoms. The number of amides is 1. The SMILES string of the molecule is O=C(c1ccc[nH]1)N1CC(O)CC2(CCN(c3ncc(Cl)cc3F)CC2)C1. The number of aliphatic hydroxyl groups excluding tert-OH is 1. The van der Waals surface area contributed by atoms with Crippen molar-refractivity contribution in [2.24, 2.45) is 5.41 Å². The van der Waals surface area contributed by atoms with E-state index in [0.717, 1.165) is 12.8 Å². The largest absolute Gasteiger partial charge is 0.391 e. The summed E-state index contributed by atoms with van der Waals surface area (Å²) in [4.78, 5) is 23.4. The number of likely N-dealkylation sites (tertiary alicyclic amines) is 1. The number of anilines is 1. The summed E-state index contributed by atoms with van der Waals surface area (Å²) in [6.07, 6.45) is 4.81. The monoisotopic (exact) mass is 392 g/mol. The number of H-pyrrole nitrogens is 1. The fourth-order valence-electron chi connectivity index (χ4n) is 4.34. The third-order valence-corrected chi connectivity index (χ3v) is 5.86. The van der Waals surface area contributed by atoms with E-state index in [1.54, 1.807) is 23.2 Å². The molecule has 8 heteroatoms. The van der Waals surface area contributed by atoms with Crippen LogP contribution >= 0.6 is 11.6 Å². The Morgan fingerprint density at radius 3 is 2.85 bits per heavy atom. The van der Waals surface area contributed by atoms with Crippen molar-refractivity contribution >= 4 is 23.3 Å². The number of carbonyl (C=O) groups is 1. The maximum atomic E-state index is 14.2. The molecule has 4 rings (SSSR count). The average molecular weight is 393 g/mol. The molecule has 0 aliphatic carbocycles. The smallest absolute Gasteiger partial charge is 0.270 e. The summed E-state index contributed by atoms with van der Waals surface area (Å²) in [6.45, 7) is 2.20. The summed E-state index contributed by atoms with van der Waals surface area (Å²) in [6, 6.07) is 4.80. The van der Waals surface area contributed by atoms with Crippen LogP contribution in [0.15, 0.2) is 30.6 Å². The molecule has 2 fully saturated rings. The van der Waals surface area contributed by atoms with Crippen LogP contribution in [0.2, 0.25) is 5.02 Å². The van der Waals surface area contributed by atoms with Gasteiger partial charge in [0.1, 0.15) is 5.69 Å². The van der Waals surface area contributed by atoms with Crippen molar-refractivity contribution in [1.29, 1.82) is 0 Å². The Balaban J connectivity index is 1.47. The first-order chi connectivity index (χ1) is 13.0. The van der Waals surface area contributed by atoms with E-state index in [1.165, 1.54) is 12.3 Å². The Hall–Kier alpha value is -2.12. The molecule has 2 N–H and O–H groups in total. The number of aromatic amines is 1. The fourth-order valence-corrected chi connectivity index (χ4v) is 4.48. The molecule has 2 aromatic rings. The number of rotatable bonds is 2. The van der Waals surface area contributed by atoms with Crippen LogP contribution in [0.25, 0.3) is 0 Å². The third-order valence-electron chi connectivity index (χ3n) is 5.65. The van der Waals surface area contributed by atoms with Crippen LogP contribution in [0.5, 0.6) is 0 Å². The van der Waals surface area contributed by atoms with Crippen molar-refractivity contribution in [3.05, 3.63) is 47.1 Å². The Labute approximate surface area is 161 Å². The van der Waals surface area contributed by atoms with E-state index >= 15 is 0 Å². The molecule has 2 aliphatic rings. The van der Waals surface area contributed by atoms with E-state index in [0.29, 0.717) is 44.1 Å². The molecule has 0 saturated carbocycles. The summed E-state index contributed by atoms with van der Waals surface area (Å²) in [5.74, 6) is -0.207. The third kappa shape index (κ3) is 3.66. The molecule has 4 heterocycles. The van der Waals surface area contributed by atoms with Crippen LogP contribution in [-0.2, 0) is 0 Å². The van der Waals surface area contributed by atoms with Crippen molar-refractivity contribution < 1.29 is 14.3 Å². The van der Waals surface area contributed by atoms with Crippen LogP contribution < -0.4 is 4.90 Å². The Morgan fingerprint density at radius 1 is 1.41 bits per heavy atom. The predicted octanol–water partition coefficient (Wildman–Crippen LogP) is 2.70. The summed E-state index contributed by atoms with van der Waals surface area (Å²) < 4.78 is 14.2. The van der Waals surface area contributed by atoms with Crippen LogP contribution in [0.4, 0.5) is 10.2 Å². The average Bonchev–Trinajstić information content (AvgIpc) is 3.16. The van der Waals surface area contributed by atoms with Gasteiger partial charge in [-0.15, -0.1) is 0 Å². The lowest BCUT2D eigenvalue weighted by Gasteiger charge is -2.49. The number of carbonyl (C=O) groups excluding carboxylic acids is 1. The van der Waals surface area contributed by atoms with Crippen molar-refractivity contribution in [2.45, 2.75) is 25.4 Å². The van der Waals surface area contributed by atoms with Gasteiger partial charge in [-0.25, -0.2) is 9.37 Å². The van der Waals surface area contributed by atoms with Crippen molar-refractivity contribution in [3.63, 3.8) is 0 Å². The van der Waals surface area contributed by atoms with E-state index < -0.39 is 11.9 Å². The highest BCUT2D eigenvalue weighted by Crippen LogP contribution is 2.41. The molecule has 144 valence electrons. The van der Waals surface area contributed by atoms with Gasteiger partial charge in [0, 0.05) is 38.6 Å². The molecule has 6 nitrogen and oxygen atoms in total. The Morgan fingerprint density at radius 2 is 2.19 bits per heavy atom. The number of aromatic nitrogens is 2. The summed E-state index contributed by atoms with van der Waals surface area (Å²) in [5, 5.41) is 10.7. The lowest BCUT2D eigenvalue weighted by Crippen LogP contribution is -2.55. The lowest BCUT2D eigenvalue weighted by molar-refractivity contribution is -0.0153. The summed E-state index contributed by atoms with van der Waals surface area (Å²) >= 11 is 5.79. The van der Waals surface area contributed by atoms with Crippen molar-refractivity contribution in [2.75, 3.05) is 31.1 Å². The Kier molecular flexibility index (Phi) is 4.82. The molecule has 0 bridgehead atoms. The van der Waals surface area contributed by atoms with Gasteiger partial charge >= 0.3 is 0 Å². The van der Waals surface area contributed by atoms with Gasteiger partial charge in [-0.05, 0) is 42.9 Å². The van der Waals surface area contributed by atoms with E-state index in [2.05, 4.69) is 9.97 Å². The molecule has 1 atom stereocenters. The summed E-state index contributed by atoms with van der Waals surface area (Å²) in [5.41, 5.74) is 0.378. The van der Waals surface area contributed by atoms with Gasteiger partial charge in [0.05, 0.1) is 11.1 Å². The standard InChI is InChI=1S/C19H22ClFN4O2/c20-13-8-15(21)17(23-10-13)24-6-3-19(4-7-24)9-14(26)11-25(12-19)18(27)16-2-1-5-22-16/h1-2,5,8,10,14,22,26H,3-4,6-7,9,11-12H2. The zero-order valence-corrected chi connectivity index (χ0v) is 15.6. The minimum absolute atomic E-state index is 0.0917. The van der Waals surface area contributed by atoms with Crippen molar-refractivity contribution in [3.8, 4) is 0 Å². The molecular weight excluding hydrogens is 371 g/mol. The first-order valence-electron chi connectivity index (χ1n) is 9.12. The quantitative estimate of drug-likeness (QED) is 0.824. The van der Waals surface area contributed by atoms with Crippen LogP contribution in [0.3, 0.4) is 0 Å². The molecule has 27 heavy (non-hydrogen) atoms. The minimum atomic E-state index is -0.547. The first kappa shape index (κ1) is 18.3. The predicted molar refractivity (Wildman–Crippen MR) is 100 cm³/mol. The molecule has 0 aromatic carbocycles. The van der Waals surface area contributed by atoms with Gasteiger partial charge in [-0.1, -0.05) is 11.6 Å². The molecular formula is C19H22ClFN4O2. The van der Waals surface area contributed by atoms with Gasteiger partial charge in [0.15, 0.2) is 11.6 Å². The maximum Gasteiger partial charge on any atom is 0.270 e. The summed E-state index contributed by atoms with van der Waals surface area (Å²) in [7, 11) is 0. The highest BCUT2D eigenvalue weighted by atomic mass is 35.5. The number of pyridine rings is 1. The lowest BCUT2D eigenvalue weighted by atomic mass is 9.71. The number of halogens is 2. The zero-order chi connectivity index (χ0) is 19.0. The zero-order valence-electron chi connectivity index (χ0n) is 14.9. The number of hydrogen-bond donors (Lipinski definition) is 2. The number of aliphatic hydroxyl groups is 1. The van der Waals surface area contributed by atoms with Gasteiger partial charge in [-0.2, -0.15) is 0 Å².